The summed E-state index contributed by atoms with van der Waals surface area (Å²) >= 11 is 0. The summed E-state index contributed by atoms with van der Waals surface area (Å²) in [7, 11) is 8.00. The molecule has 208 valence electrons. The van der Waals surface area contributed by atoms with Crippen molar-refractivity contribution in [3.8, 4) is 0 Å². The lowest BCUT2D eigenvalue weighted by molar-refractivity contribution is -0.462. The molecular formula is C35H34N2O4. The Kier molecular flexibility index (Phi) is 7.26. The number of benzene rings is 3. The molecule has 0 aromatic heterocycles. The lowest BCUT2D eigenvalue weighted by atomic mass is 9.64. The van der Waals surface area contributed by atoms with Crippen LogP contribution in [0.1, 0.15) is 56.8 Å². The van der Waals surface area contributed by atoms with Crippen molar-refractivity contribution in [3.63, 3.8) is 0 Å². The number of aromatic carboxylic acids is 1. The Hall–Kier alpha value is -4.71. The Morgan fingerprint density at radius 2 is 1.66 bits per heavy atom. The number of ether oxygens (including phenoxy) is 1. The average molecular weight is 547 g/mol. The molecule has 0 atom stereocenters. The number of carboxylic acid groups (broad SMARTS) is 1. The van der Waals surface area contributed by atoms with Crippen molar-refractivity contribution in [1.29, 1.82) is 0 Å². The molecule has 0 saturated carbocycles. The van der Waals surface area contributed by atoms with Crippen LogP contribution in [0.2, 0.25) is 0 Å². The fourth-order valence-electron chi connectivity index (χ4n) is 5.62. The van der Waals surface area contributed by atoms with Crippen LogP contribution in [0.15, 0.2) is 96.1 Å². The van der Waals surface area contributed by atoms with E-state index in [1.54, 1.807) is 12.1 Å². The van der Waals surface area contributed by atoms with Gasteiger partial charge in [0.25, 0.3) is 0 Å². The summed E-state index contributed by atoms with van der Waals surface area (Å²) in [5.74, 6) is -2.14. The van der Waals surface area contributed by atoms with Crippen molar-refractivity contribution in [1.82, 2.24) is 0 Å². The van der Waals surface area contributed by atoms with Gasteiger partial charge in [0, 0.05) is 42.9 Å². The van der Waals surface area contributed by atoms with Crippen LogP contribution in [0.5, 0.6) is 0 Å². The monoisotopic (exact) mass is 546 g/mol. The molecule has 0 N–H and O–H groups in total. The quantitative estimate of drug-likeness (QED) is 0.329. The highest BCUT2D eigenvalue weighted by atomic mass is 16.5. The Balaban J connectivity index is 1.74. The molecule has 3 aromatic rings. The summed E-state index contributed by atoms with van der Waals surface area (Å²) in [5, 5.41) is 12.8. The number of esters is 1. The Bertz CT molecular complexity index is 1680. The van der Waals surface area contributed by atoms with Gasteiger partial charge in [0.15, 0.2) is 5.71 Å². The fourth-order valence-corrected chi connectivity index (χ4v) is 5.62. The molecule has 0 bridgehead atoms. The highest BCUT2D eigenvalue weighted by Crippen LogP contribution is 2.51. The van der Waals surface area contributed by atoms with Crippen molar-refractivity contribution < 1.29 is 24.0 Å². The maximum atomic E-state index is 13.3. The second kappa shape index (κ2) is 10.7. The second-order valence-corrected chi connectivity index (χ2v) is 11.3. The number of fused-ring (bicyclic) bond motifs is 2. The number of carboxylic acids is 1. The molecule has 5 rings (SSSR count). The van der Waals surface area contributed by atoms with Crippen LogP contribution in [0.4, 0.5) is 5.69 Å². The van der Waals surface area contributed by atoms with Gasteiger partial charge in [-0.1, -0.05) is 62.4 Å². The molecule has 0 spiro atoms. The van der Waals surface area contributed by atoms with Crippen molar-refractivity contribution >= 4 is 28.9 Å². The van der Waals surface area contributed by atoms with E-state index in [1.165, 1.54) is 6.07 Å². The zero-order valence-corrected chi connectivity index (χ0v) is 24.3. The van der Waals surface area contributed by atoms with Crippen LogP contribution in [-0.4, -0.2) is 50.4 Å². The summed E-state index contributed by atoms with van der Waals surface area (Å²) in [6.07, 6.45) is 6.24. The zero-order valence-electron chi connectivity index (χ0n) is 24.3. The van der Waals surface area contributed by atoms with Crippen LogP contribution in [-0.2, 0) is 16.8 Å². The highest BCUT2D eigenvalue weighted by molar-refractivity contribution is 6.10. The van der Waals surface area contributed by atoms with Crippen LogP contribution < -0.4 is 10.0 Å². The van der Waals surface area contributed by atoms with Crippen molar-refractivity contribution in [2.75, 3.05) is 33.1 Å². The number of allylic oxidation sites excluding steroid dienone is 5. The Morgan fingerprint density at radius 3 is 2.32 bits per heavy atom. The van der Waals surface area contributed by atoms with Crippen LogP contribution in [0.3, 0.4) is 0 Å². The molecule has 6 heteroatoms. The van der Waals surface area contributed by atoms with Crippen LogP contribution in [0, 0.1) is 0 Å². The van der Waals surface area contributed by atoms with Gasteiger partial charge in [-0.15, -0.1) is 0 Å². The Morgan fingerprint density at radius 1 is 0.927 bits per heavy atom. The first-order valence-corrected chi connectivity index (χ1v) is 13.6. The van der Waals surface area contributed by atoms with E-state index >= 15 is 0 Å². The minimum Gasteiger partial charge on any atom is -0.545 e. The third-order valence-corrected chi connectivity index (χ3v) is 7.90. The second-order valence-electron chi connectivity index (χ2n) is 11.3. The van der Waals surface area contributed by atoms with Gasteiger partial charge in [0.05, 0.1) is 11.5 Å². The number of hydrogen-bond acceptors (Lipinski definition) is 5. The number of nitrogens with zero attached hydrogens (tertiary/aromatic N) is 2. The SMILES string of the molecule is CN(C)c1ccc2c(c1)C(C)(C)C1=CC(=[N+](C)C)C=CC1=C2c1cccc(C(=O)OCc2ccccc2)c1C(=O)[O-]. The highest BCUT2D eigenvalue weighted by Gasteiger charge is 2.39. The molecule has 41 heavy (non-hydrogen) atoms. The van der Waals surface area contributed by atoms with Gasteiger partial charge in [0.1, 0.15) is 20.7 Å². The minimum atomic E-state index is -1.43. The van der Waals surface area contributed by atoms with Gasteiger partial charge in [-0.25, -0.2) is 9.37 Å². The lowest BCUT2D eigenvalue weighted by Crippen LogP contribution is -2.32. The number of anilines is 1. The zero-order chi connectivity index (χ0) is 29.5. The molecule has 2 aliphatic carbocycles. The molecule has 0 saturated heterocycles. The number of rotatable bonds is 6. The molecule has 0 heterocycles. The van der Waals surface area contributed by atoms with Crippen molar-refractivity contribution in [3.05, 3.63) is 129 Å². The number of carbonyl (C=O) groups excluding carboxylic acids is 2. The van der Waals surface area contributed by atoms with Gasteiger partial charge in [0.2, 0.25) is 0 Å². The molecule has 2 aliphatic rings. The first kappa shape index (κ1) is 27.8. The van der Waals surface area contributed by atoms with E-state index in [0.29, 0.717) is 5.56 Å². The molecule has 0 amide bonds. The molecule has 0 radical (unpaired) electrons. The number of hydrogen-bond donors (Lipinski definition) is 0. The van der Waals surface area contributed by atoms with Crippen LogP contribution in [0.25, 0.3) is 5.57 Å². The van der Waals surface area contributed by atoms with E-state index in [1.807, 2.05) is 82.8 Å². The predicted octanol–water partition coefficient (Wildman–Crippen LogP) is 4.78. The third-order valence-electron chi connectivity index (χ3n) is 7.90. The summed E-state index contributed by atoms with van der Waals surface area (Å²) in [5.41, 5.74) is 7.47. The normalized spacial score (nSPS) is 15.1. The summed E-state index contributed by atoms with van der Waals surface area (Å²) in [6, 6.07) is 20.5. The van der Waals surface area contributed by atoms with Crippen molar-refractivity contribution in [2.45, 2.75) is 25.9 Å². The van der Waals surface area contributed by atoms with E-state index in [-0.39, 0.29) is 23.1 Å². The topological polar surface area (TPSA) is 72.7 Å². The van der Waals surface area contributed by atoms with E-state index in [9.17, 15) is 14.7 Å². The fraction of sp³-hybridized carbons (Fsp3) is 0.229. The minimum absolute atomic E-state index is 0.0336. The smallest absolute Gasteiger partial charge is 0.339 e. The summed E-state index contributed by atoms with van der Waals surface area (Å²) in [4.78, 5) is 28.1. The van der Waals surface area contributed by atoms with E-state index < -0.39 is 11.9 Å². The number of carbonyl (C=O) groups is 2. The first-order chi connectivity index (χ1) is 19.5. The van der Waals surface area contributed by atoms with Gasteiger partial charge in [-0.2, -0.15) is 0 Å². The molecule has 6 nitrogen and oxygen atoms in total. The van der Waals surface area contributed by atoms with Gasteiger partial charge < -0.3 is 19.5 Å². The molecule has 3 aromatic carbocycles. The maximum Gasteiger partial charge on any atom is 0.339 e. The standard InChI is InChI=1S/C35H34N2O4/c1-35(2)29-19-23(36(3)4)15-17-25(29)31(26-18-16-24(37(5)6)20-30(26)35)27-13-10-14-28(32(27)33(38)39)34(40)41-21-22-11-8-7-9-12-22/h7-20H,21H2,1-6H3. The molecular weight excluding hydrogens is 512 g/mol. The van der Waals surface area contributed by atoms with E-state index in [2.05, 4.69) is 35.5 Å². The van der Waals surface area contributed by atoms with E-state index in [0.717, 1.165) is 44.8 Å². The predicted molar refractivity (Wildman–Crippen MR) is 160 cm³/mol. The van der Waals surface area contributed by atoms with Gasteiger partial charge in [-0.05, 0) is 63.2 Å². The maximum absolute atomic E-state index is 13.3. The summed E-state index contributed by atoms with van der Waals surface area (Å²) < 4.78 is 7.61. The van der Waals surface area contributed by atoms with Gasteiger partial charge >= 0.3 is 5.97 Å². The summed E-state index contributed by atoms with van der Waals surface area (Å²) in [6.45, 7) is 4.42. The Labute approximate surface area is 241 Å². The average Bonchev–Trinajstić information content (AvgIpc) is 2.96. The largest absolute Gasteiger partial charge is 0.545 e. The first-order valence-electron chi connectivity index (χ1n) is 13.6. The van der Waals surface area contributed by atoms with E-state index in [4.69, 9.17) is 4.74 Å². The lowest BCUT2D eigenvalue weighted by Gasteiger charge is -2.40. The molecule has 0 unspecified atom stereocenters. The third kappa shape index (κ3) is 5.02. The molecule has 0 fully saturated rings. The van der Waals surface area contributed by atoms with Crippen LogP contribution >= 0.6 is 0 Å². The molecule has 0 aliphatic heterocycles. The van der Waals surface area contributed by atoms with Gasteiger partial charge in [-0.3, -0.25) is 0 Å². The van der Waals surface area contributed by atoms with Crippen molar-refractivity contribution in [2.24, 2.45) is 0 Å².